The van der Waals surface area contributed by atoms with E-state index in [0.717, 1.165) is 10.0 Å². The number of nitro benzene ring substituents is 1. The maximum Gasteiger partial charge on any atom is 0.271 e. The van der Waals surface area contributed by atoms with Gasteiger partial charge in [0.1, 0.15) is 5.75 Å². The number of amides is 1. The maximum absolute atomic E-state index is 12.6. The number of methoxy groups -OCH3 is 1. The van der Waals surface area contributed by atoms with Crippen molar-refractivity contribution in [3.8, 4) is 5.75 Å². The fourth-order valence-electron chi connectivity index (χ4n) is 2.36. The first-order valence-electron chi connectivity index (χ1n) is 7.89. The van der Waals surface area contributed by atoms with Crippen molar-refractivity contribution >= 4 is 33.2 Å². The van der Waals surface area contributed by atoms with Crippen LogP contribution in [0.15, 0.2) is 46.9 Å². The lowest BCUT2D eigenvalue weighted by Gasteiger charge is -2.24. The fourth-order valence-corrected chi connectivity index (χ4v) is 2.62. The second kappa shape index (κ2) is 8.77. The lowest BCUT2D eigenvalue weighted by molar-refractivity contribution is -0.384. The van der Waals surface area contributed by atoms with E-state index in [1.807, 2.05) is 36.2 Å². The van der Waals surface area contributed by atoms with Gasteiger partial charge in [-0.15, -0.1) is 0 Å². The topological polar surface area (TPSA) is 84.7 Å². The van der Waals surface area contributed by atoms with Crippen molar-refractivity contribution in [3.05, 3.63) is 62.6 Å². The van der Waals surface area contributed by atoms with Gasteiger partial charge >= 0.3 is 0 Å². The summed E-state index contributed by atoms with van der Waals surface area (Å²) in [6.45, 7) is 2.37. The number of nitrogens with one attached hydrogen (secondary N) is 1. The number of carbonyl (C=O) groups excluding carboxylic acids is 1. The minimum absolute atomic E-state index is 0.114. The number of hydrogen-bond donors (Lipinski definition) is 1. The van der Waals surface area contributed by atoms with Gasteiger partial charge in [0.15, 0.2) is 0 Å². The van der Waals surface area contributed by atoms with Gasteiger partial charge in [-0.2, -0.15) is 0 Å². The smallest absolute Gasteiger partial charge is 0.271 e. The normalized spacial score (nSPS) is 11.9. The van der Waals surface area contributed by atoms with Crippen LogP contribution in [0.1, 0.15) is 12.5 Å². The van der Waals surface area contributed by atoms with Crippen LogP contribution in [-0.2, 0) is 11.3 Å². The molecule has 0 unspecified atom stereocenters. The zero-order valence-electron chi connectivity index (χ0n) is 14.7. The third-order valence-corrected chi connectivity index (χ3v) is 4.57. The van der Waals surface area contributed by atoms with Crippen LogP contribution in [0, 0.1) is 10.1 Å². The van der Waals surface area contributed by atoms with Gasteiger partial charge in [0.05, 0.1) is 23.8 Å². The molecule has 2 rings (SSSR count). The number of rotatable bonds is 7. The van der Waals surface area contributed by atoms with E-state index >= 15 is 0 Å². The third-order valence-electron chi connectivity index (χ3n) is 4.04. The molecule has 0 aromatic heterocycles. The van der Waals surface area contributed by atoms with Crippen molar-refractivity contribution in [1.82, 2.24) is 4.90 Å². The van der Waals surface area contributed by atoms with Crippen molar-refractivity contribution in [2.45, 2.75) is 19.5 Å². The maximum atomic E-state index is 12.6. The lowest BCUT2D eigenvalue weighted by atomic mass is 10.2. The zero-order valence-corrected chi connectivity index (χ0v) is 16.3. The van der Waals surface area contributed by atoms with E-state index < -0.39 is 11.0 Å². The van der Waals surface area contributed by atoms with Crippen LogP contribution in [0.5, 0.6) is 5.75 Å². The summed E-state index contributed by atoms with van der Waals surface area (Å²) in [6, 6.07) is 11.5. The van der Waals surface area contributed by atoms with E-state index in [4.69, 9.17) is 4.74 Å². The summed E-state index contributed by atoms with van der Waals surface area (Å²) in [6.07, 6.45) is 0. The summed E-state index contributed by atoms with van der Waals surface area (Å²) in [5.74, 6) is 0.0927. The van der Waals surface area contributed by atoms with E-state index in [9.17, 15) is 14.9 Å². The Bertz CT molecular complexity index is 796. The van der Waals surface area contributed by atoms with Crippen LogP contribution >= 0.6 is 15.9 Å². The predicted molar refractivity (Wildman–Crippen MR) is 103 cm³/mol. The lowest BCUT2D eigenvalue weighted by Crippen LogP contribution is -2.39. The third kappa shape index (κ3) is 5.03. The number of non-ortho nitro benzene ring substituents is 1. The minimum atomic E-state index is -0.516. The number of anilines is 1. The largest absolute Gasteiger partial charge is 0.495 e. The Labute approximate surface area is 160 Å². The number of likely N-dealkylation sites (N-methyl/N-ethyl adjacent to an activating group) is 1. The van der Waals surface area contributed by atoms with Crippen molar-refractivity contribution in [2.75, 3.05) is 19.5 Å². The Balaban J connectivity index is 2.09. The molecule has 0 saturated carbocycles. The molecule has 0 spiro atoms. The highest BCUT2D eigenvalue weighted by molar-refractivity contribution is 9.10. The highest BCUT2D eigenvalue weighted by Crippen LogP contribution is 2.29. The molecule has 0 heterocycles. The summed E-state index contributed by atoms with van der Waals surface area (Å²) in [7, 11) is 3.29. The molecule has 0 aliphatic carbocycles. The zero-order chi connectivity index (χ0) is 19.3. The Morgan fingerprint density at radius 1 is 1.31 bits per heavy atom. The monoisotopic (exact) mass is 421 g/mol. The molecule has 1 amide bonds. The van der Waals surface area contributed by atoms with Crippen molar-refractivity contribution in [1.29, 1.82) is 0 Å². The number of benzene rings is 2. The molecular weight excluding hydrogens is 402 g/mol. The van der Waals surface area contributed by atoms with Gasteiger partial charge in [-0.25, -0.2) is 0 Å². The Hall–Kier alpha value is -2.45. The van der Waals surface area contributed by atoms with Gasteiger partial charge in [0.2, 0.25) is 5.91 Å². The number of hydrogen-bond acceptors (Lipinski definition) is 5. The van der Waals surface area contributed by atoms with Crippen LogP contribution < -0.4 is 10.1 Å². The molecule has 0 fully saturated rings. The molecule has 138 valence electrons. The van der Waals surface area contributed by atoms with E-state index in [1.54, 1.807) is 6.92 Å². The molecule has 2 aromatic rings. The number of ether oxygens (including phenoxy) is 1. The summed E-state index contributed by atoms with van der Waals surface area (Å²) in [5.41, 5.74) is 1.23. The Morgan fingerprint density at radius 3 is 2.54 bits per heavy atom. The second-order valence-corrected chi connectivity index (χ2v) is 6.76. The molecule has 0 bridgehead atoms. The predicted octanol–water partition coefficient (Wildman–Crippen LogP) is 3.82. The summed E-state index contributed by atoms with van der Waals surface area (Å²) < 4.78 is 6.17. The quantitative estimate of drug-likeness (QED) is 0.542. The molecule has 0 aliphatic rings. The van der Waals surface area contributed by atoms with Gasteiger partial charge in [-0.3, -0.25) is 19.8 Å². The highest BCUT2D eigenvalue weighted by atomic mass is 79.9. The molecule has 8 heteroatoms. The average molecular weight is 422 g/mol. The molecule has 26 heavy (non-hydrogen) atoms. The average Bonchev–Trinajstić information content (AvgIpc) is 2.62. The first-order chi connectivity index (χ1) is 12.3. The minimum Gasteiger partial charge on any atom is -0.495 e. The molecule has 0 radical (unpaired) electrons. The molecule has 1 N–H and O–H groups in total. The van der Waals surface area contributed by atoms with E-state index in [0.29, 0.717) is 12.3 Å². The van der Waals surface area contributed by atoms with E-state index in [-0.39, 0.29) is 17.3 Å². The SMILES string of the molecule is COc1ccc([N+](=O)[O-])cc1NC(=O)[C@@H](C)N(C)Cc1ccc(Br)cc1. The van der Waals surface area contributed by atoms with Crippen molar-refractivity contribution in [2.24, 2.45) is 0 Å². The van der Waals surface area contributed by atoms with Crippen LogP contribution in [0.3, 0.4) is 0 Å². The number of nitro groups is 1. The van der Waals surface area contributed by atoms with E-state index in [2.05, 4.69) is 21.2 Å². The Kier molecular flexibility index (Phi) is 6.70. The van der Waals surface area contributed by atoms with Gasteiger partial charge in [0.25, 0.3) is 5.69 Å². The molecule has 0 aliphatic heterocycles. The molecule has 7 nitrogen and oxygen atoms in total. The number of carbonyl (C=O) groups is 1. The number of nitrogens with zero attached hydrogens (tertiary/aromatic N) is 2. The first kappa shape index (κ1) is 19.9. The molecule has 0 saturated heterocycles. The van der Waals surface area contributed by atoms with Gasteiger partial charge < -0.3 is 10.1 Å². The summed E-state index contributed by atoms with van der Waals surface area (Å²) >= 11 is 3.39. The standard InChI is InChI=1S/C18H20BrN3O4/c1-12(21(2)11-13-4-6-14(19)7-5-13)18(23)20-16-10-15(22(24)25)8-9-17(16)26-3/h4-10,12H,11H2,1-3H3,(H,20,23)/t12-/m1/s1. The van der Waals surface area contributed by atoms with Crippen LogP contribution in [0.2, 0.25) is 0 Å². The van der Waals surface area contributed by atoms with Crippen LogP contribution in [0.4, 0.5) is 11.4 Å². The molecule has 1 atom stereocenters. The fraction of sp³-hybridized carbons (Fsp3) is 0.278. The van der Waals surface area contributed by atoms with Crippen molar-refractivity contribution in [3.63, 3.8) is 0 Å². The van der Waals surface area contributed by atoms with Crippen molar-refractivity contribution < 1.29 is 14.5 Å². The molecule has 2 aromatic carbocycles. The highest BCUT2D eigenvalue weighted by Gasteiger charge is 2.21. The van der Waals surface area contributed by atoms with E-state index in [1.165, 1.54) is 25.3 Å². The van der Waals surface area contributed by atoms with Crippen LogP contribution in [-0.4, -0.2) is 35.9 Å². The second-order valence-electron chi connectivity index (χ2n) is 5.85. The van der Waals surface area contributed by atoms with Gasteiger partial charge in [0, 0.05) is 23.2 Å². The number of halogens is 1. The first-order valence-corrected chi connectivity index (χ1v) is 8.69. The van der Waals surface area contributed by atoms with Gasteiger partial charge in [-0.1, -0.05) is 28.1 Å². The molecular formula is C18H20BrN3O4. The van der Waals surface area contributed by atoms with Crippen LogP contribution in [0.25, 0.3) is 0 Å². The Morgan fingerprint density at radius 2 is 1.96 bits per heavy atom. The summed E-state index contributed by atoms with van der Waals surface area (Å²) in [4.78, 5) is 24.9. The summed E-state index contributed by atoms with van der Waals surface area (Å²) in [5, 5.41) is 13.7. The van der Waals surface area contributed by atoms with Gasteiger partial charge in [-0.05, 0) is 37.7 Å².